The molecule has 0 saturated heterocycles. The van der Waals surface area contributed by atoms with Gasteiger partial charge in [0.25, 0.3) is 0 Å². The summed E-state index contributed by atoms with van der Waals surface area (Å²) in [5.74, 6) is 0.921. The number of hydrogen-bond acceptors (Lipinski definition) is 3. The Morgan fingerprint density at radius 2 is 2.29 bits per heavy atom. The molecular weight excluding hydrogens is 228 g/mol. The predicted molar refractivity (Wildman–Crippen MR) is 75.4 cm³/mol. The first kappa shape index (κ1) is 13.1. The summed E-state index contributed by atoms with van der Waals surface area (Å²) < 4.78 is 0. The topological polar surface area (TPSA) is 29.3 Å². The fraction of sp³-hybridized carbons (Fsp3) is 0.714. The maximum atomic E-state index is 6.01. The third-order valence-electron chi connectivity index (χ3n) is 3.99. The summed E-state index contributed by atoms with van der Waals surface area (Å²) in [6.07, 6.45) is 4.25. The molecule has 2 rings (SSSR count). The molecule has 0 aromatic carbocycles. The fourth-order valence-electron chi connectivity index (χ4n) is 2.63. The van der Waals surface area contributed by atoms with E-state index >= 15 is 0 Å². The molecule has 1 aliphatic rings. The molecule has 1 atom stereocenters. The Morgan fingerprint density at radius 3 is 2.71 bits per heavy atom. The number of hydrogen-bond donors (Lipinski definition) is 1. The van der Waals surface area contributed by atoms with Gasteiger partial charge in [-0.05, 0) is 49.2 Å². The van der Waals surface area contributed by atoms with Crippen molar-refractivity contribution in [1.29, 1.82) is 0 Å². The van der Waals surface area contributed by atoms with Crippen LogP contribution < -0.4 is 5.73 Å². The molecule has 0 aliphatic heterocycles. The average Bonchev–Trinajstić information content (AvgIpc) is 2.68. The van der Waals surface area contributed by atoms with Gasteiger partial charge in [0.1, 0.15) is 0 Å². The molecular formula is C14H24N2S. The second-order valence-corrected chi connectivity index (χ2v) is 6.05. The van der Waals surface area contributed by atoms with Crippen molar-refractivity contribution < 1.29 is 0 Å². The zero-order chi connectivity index (χ0) is 12.3. The lowest BCUT2D eigenvalue weighted by Gasteiger charge is -2.36. The number of thiophene rings is 1. The Hall–Kier alpha value is -0.380. The second kappa shape index (κ2) is 5.98. The van der Waals surface area contributed by atoms with Gasteiger partial charge in [-0.15, -0.1) is 11.3 Å². The highest BCUT2D eigenvalue weighted by Gasteiger charge is 2.26. The van der Waals surface area contributed by atoms with E-state index in [1.165, 1.54) is 36.2 Å². The van der Waals surface area contributed by atoms with Crippen molar-refractivity contribution in [1.82, 2.24) is 4.90 Å². The van der Waals surface area contributed by atoms with E-state index in [0.717, 1.165) is 19.0 Å². The molecule has 1 heterocycles. The van der Waals surface area contributed by atoms with Crippen molar-refractivity contribution in [2.75, 3.05) is 19.6 Å². The minimum absolute atomic E-state index is 0.431. The molecule has 17 heavy (non-hydrogen) atoms. The van der Waals surface area contributed by atoms with E-state index < -0.39 is 0 Å². The summed E-state index contributed by atoms with van der Waals surface area (Å²) in [5, 5.41) is 2.19. The van der Waals surface area contributed by atoms with Crippen LogP contribution in [0.2, 0.25) is 0 Å². The van der Waals surface area contributed by atoms with Crippen LogP contribution in [0.5, 0.6) is 0 Å². The zero-order valence-electron chi connectivity index (χ0n) is 11.0. The van der Waals surface area contributed by atoms with Gasteiger partial charge < -0.3 is 5.73 Å². The van der Waals surface area contributed by atoms with Gasteiger partial charge in [-0.25, -0.2) is 0 Å². The lowest BCUT2D eigenvalue weighted by molar-refractivity contribution is 0.142. The maximum Gasteiger partial charge on any atom is 0.0566 e. The number of likely N-dealkylation sites (N-methyl/N-ethyl adjacent to an activating group) is 1. The molecule has 0 amide bonds. The SMILES string of the molecule is CCN(CC1CCC1)C(CN)c1sccc1C. The number of rotatable bonds is 6. The van der Waals surface area contributed by atoms with Crippen LogP contribution in [-0.4, -0.2) is 24.5 Å². The van der Waals surface area contributed by atoms with Gasteiger partial charge in [-0.2, -0.15) is 0 Å². The van der Waals surface area contributed by atoms with Crippen molar-refractivity contribution in [2.45, 2.75) is 39.2 Å². The summed E-state index contributed by atoms with van der Waals surface area (Å²) in [6.45, 7) is 7.53. The van der Waals surface area contributed by atoms with Crippen LogP contribution in [0.25, 0.3) is 0 Å². The third-order valence-corrected chi connectivity index (χ3v) is 5.11. The van der Waals surface area contributed by atoms with Crippen LogP contribution in [0.15, 0.2) is 11.4 Å². The summed E-state index contributed by atoms with van der Waals surface area (Å²) in [6, 6.07) is 2.64. The van der Waals surface area contributed by atoms with Crippen LogP contribution in [-0.2, 0) is 0 Å². The molecule has 1 aliphatic carbocycles. The van der Waals surface area contributed by atoms with Crippen LogP contribution in [0.1, 0.15) is 42.7 Å². The second-order valence-electron chi connectivity index (χ2n) is 5.10. The standard InChI is InChI=1S/C14H24N2S/c1-3-16(10-12-5-4-6-12)13(9-15)14-11(2)7-8-17-14/h7-8,12-13H,3-6,9-10,15H2,1-2H3. The van der Waals surface area contributed by atoms with E-state index in [1.54, 1.807) is 0 Å². The highest BCUT2D eigenvalue weighted by Crippen LogP contribution is 2.32. The third kappa shape index (κ3) is 2.90. The first-order valence-electron chi connectivity index (χ1n) is 6.74. The average molecular weight is 252 g/mol. The highest BCUT2D eigenvalue weighted by molar-refractivity contribution is 7.10. The molecule has 0 radical (unpaired) electrons. The fourth-order valence-corrected chi connectivity index (χ4v) is 3.71. The predicted octanol–water partition coefficient (Wildman–Crippen LogP) is 3.18. The molecule has 1 aromatic rings. The Labute approximate surface area is 109 Å². The van der Waals surface area contributed by atoms with Crippen LogP contribution in [0.3, 0.4) is 0 Å². The van der Waals surface area contributed by atoms with Crippen LogP contribution in [0, 0.1) is 12.8 Å². The van der Waals surface area contributed by atoms with Crippen LogP contribution >= 0.6 is 11.3 Å². The largest absolute Gasteiger partial charge is 0.329 e. The molecule has 1 fully saturated rings. The minimum atomic E-state index is 0.431. The molecule has 1 aromatic heterocycles. The normalized spacial score (nSPS) is 18.4. The van der Waals surface area contributed by atoms with Gasteiger partial charge >= 0.3 is 0 Å². The number of aryl methyl sites for hydroxylation is 1. The van der Waals surface area contributed by atoms with Crippen molar-refractivity contribution in [3.8, 4) is 0 Å². The smallest absolute Gasteiger partial charge is 0.0566 e. The molecule has 0 bridgehead atoms. The van der Waals surface area contributed by atoms with Gasteiger partial charge in [-0.1, -0.05) is 13.3 Å². The molecule has 2 N–H and O–H groups in total. The molecule has 2 nitrogen and oxygen atoms in total. The summed E-state index contributed by atoms with van der Waals surface area (Å²) in [5.41, 5.74) is 7.41. The number of nitrogens with two attached hydrogens (primary N) is 1. The van der Waals surface area contributed by atoms with E-state index in [0.29, 0.717) is 6.04 Å². The van der Waals surface area contributed by atoms with Crippen molar-refractivity contribution >= 4 is 11.3 Å². The molecule has 1 unspecified atom stereocenters. The maximum absolute atomic E-state index is 6.01. The first-order chi connectivity index (χ1) is 8.26. The lowest BCUT2D eigenvalue weighted by atomic mass is 9.84. The first-order valence-corrected chi connectivity index (χ1v) is 7.62. The van der Waals surface area contributed by atoms with Gasteiger partial charge in [0.2, 0.25) is 0 Å². The Bertz CT molecular complexity index is 344. The summed E-state index contributed by atoms with van der Waals surface area (Å²) in [7, 11) is 0. The van der Waals surface area contributed by atoms with Crippen molar-refractivity contribution in [2.24, 2.45) is 11.7 Å². The Balaban J connectivity index is 2.06. The van der Waals surface area contributed by atoms with Gasteiger partial charge in [0, 0.05) is 18.0 Å². The van der Waals surface area contributed by atoms with E-state index in [4.69, 9.17) is 5.73 Å². The molecule has 1 saturated carbocycles. The van der Waals surface area contributed by atoms with Crippen molar-refractivity contribution in [3.05, 3.63) is 21.9 Å². The van der Waals surface area contributed by atoms with Gasteiger partial charge in [0.15, 0.2) is 0 Å². The van der Waals surface area contributed by atoms with E-state index in [1.807, 2.05) is 11.3 Å². The van der Waals surface area contributed by atoms with Crippen LogP contribution in [0.4, 0.5) is 0 Å². The quantitative estimate of drug-likeness (QED) is 0.842. The number of nitrogens with zero attached hydrogens (tertiary/aromatic N) is 1. The summed E-state index contributed by atoms with van der Waals surface area (Å²) in [4.78, 5) is 4.04. The van der Waals surface area contributed by atoms with Crippen molar-refractivity contribution in [3.63, 3.8) is 0 Å². The van der Waals surface area contributed by atoms with E-state index in [2.05, 4.69) is 30.2 Å². The van der Waals surface area contributed by atoms with Gasteiger partial charge in [0.05, 0.1) is 6.04 Å². The minimum Gasteiger partial charge on any atom is -0.329 e. The Morgan fingerprint density at radius 1 is 1.53 bits per heavy atom. The lowest BCUT2D eigenvalue weighted by Crippen LogP contribution is -2.38. The molecule has 0 spiro atoms. The highest BCUT2D eigenvalue weighted by atomic mass is 32.1. The monoisotopic (exact) mass is 252 g/mol. The molecule has 96 valence electrons. The van der Waals surface area contributed by atoms with E-state index in [9.17, 15) is 0 Å². The van der Waals surface area contributed by atoms with E-state index in [-0.39, 0.29) is 0 Å². The zero-order valence-corrected chi connectivity index (χ0v) is 11.8. The summed E-state index contributed by atoms with van der Waals surface area (Å²) >= 11 is 1.86. The van der Waals surface area contributed by atoms with Gasteiger partial charge in [-0.3, -0.25) is 4.90 Å². The Kier molecular flexibility index (Phi) is 4.60. The molecule has 3 heteroatoms.